The van der Waals surface area contributed by atoms with Crippen LogP contribution >= 0.6 is 0 Å². The van der Waals surface area contributed by atoms with E-state index in [0.29, 0.717) is 12.8 Å². The number of nitrogens with zero attached hydrogens (tertiary/aromatic N) is 2. The van der Waals surface area contributed by atoms with E-state index >= 15 is 0 Å². The molecule has 0 saturated heterocycles. The van der Waals surface area contributed by atoms with E-state index < -0.39 is 11.5 Å². The molecule has 19 heavy (non-hydrogen) atoms. The van der Waals surface area contributed by atoms with Gasteiger partial charge in [-0.15, -0.1) is 0 Å². The van der Waals surface area contributed by atoms with Crippen LogP contribution in [0.1, 0.15) is 50.0 Å². The maximum atomic E-state index is 11.6. The first kappa shape index (κ1) is 14.1. The number of aryl methyl sites for hydroxylation is 2. The van der Waals surface area contributed by atoms with Crippen LogP contribution in [0.5, 0.6) is 0 Å². The highest BCUT2D eigenvalue weighted by molar-refractivity contribution is 5.79. The van der Waals surface area contributed by atoms with Crippen molar-refractivity contribution >= 4 is 5.97 Å². The van der Waals surface area contributed by atoms with Crippen LogP contribution in [0.3, 0.4) is 0 Å². The number of rotatable bonds is 5. The minimum absolute atomic E-state index is 0.189. The van der Waals surface area contributed by atoms with Crippen molar-refractivity contribution in [2.45, 2.75) is 58.0 Å². The van der Waals surface area contributed by atoms with Crippen molar-refractivity contribution in [3.05, 3.63) is 17.5 Å². The Bertz CT molecular complexity index is 469. The molecule has 5 heteroatoms. The van der Waals surface area contributed by atoms with Gasteiger partial charge in [0.25, 0.3) is 0 Å². The summed E-state index contributed by atoms with van der Waals surface area (Å²) in [5, 5.41) is 17.3. The average Bonchev–Trinajstić information content (AvgIpc) is 2.91. The fraction of sp³-hybridized carbons (Fsp3) is 0.714. The lowest BCUT2D eigenvalue weighted by Gasteiger charge is -2.26. The van der Waals surface area contributed by atoms with Crippen molar-refractivity contribution in [2.75, 3.05) is 6.54 Å². The minimum atomic E-state index is -0.771. The molecule has 2 unspecified atom stereocenters. The van der Waals surface area contributed by atoms with Crippen molar-refractivity contribution in [3.63, 3.8) is 0 Å². The summed E-state index contributed by atoms with van der Waals surface area (Å²) in [4.78, 5) is 11.6. The highest BCUT2D eigenvalue weighted by Gasteiger charge is 2.46. The van der Waals surface area contributed by atoms with Crippen molar-refractivity contribution in [1.82, 2.24) is 15.1 Å². The topological polar surface area (TPSA) is 67.2 Å². The molecule has 1 aliphatic rings. The summed E-state index contributed by atoms with van der Waals surface area (Å²) in [5.41, 5.74) is 1.33. The second kappa shape index (κ2) is 5.33. The Hall–Kier alpha value is -1.36. The molecule has 1 heterocycles. The molecule has 0 aromatic carbocycles. The molecule has 1 aromatic rings. The van der Waals surface area contributed by atoms with E-state index in [2.05, 4.69) is 17.3 Å². The van der Waals surface area contributed by atoms with Crippen molar-refractivity contribution in [3.8, 4) is 0 Å². The zero-order valence-corrected chi connectivity index (χ0v) is 11.9. The van der Waals surface area contributed by atoms with Crippen LogP contribution in [0.4, 0.5) is 0 Å². The number of nitrogens with one attached hydrogen (secondary N) is 1. The molecule has 0 bridgehead atoms. The number of hydrogen-bond acceptors (Lipinski definition) is 3. The van der Waals surface area contributed by atoms with E-state index in [1.807, 2.05) is 24.6 Å². The smallest absolute Gasteiger partial charge is 0.323 e. The summed E-state index contributed by atoms with van der Waals surface area (Å²) in [5.74, 6) is -0.731. The second-order valence-corrected chi connectivity index (χ2v) is 5.58. The van der Waals surface area contributed by atoms with Crippen molar-refractivity contribution in [1.29, 1.82) is 0 Å². The van der Waals surface area contributed by atoms with Crippen molar-refractivity contribution < 1.29 is 9.90 Å². The van der Waals surface area contributed by atoms with Crippen LogP contribution in [-0.4, -0.2) is 32.9 Å². The predicted octanol–water partition coefficient (Wildman–Crippen LogP) is 2.05. The van der Waals surface area contributed by atoms with E-state index in [0.717, 1.165) is 30.8 Å². The lowest BCUT2D eigenvalue weighted by Crippen LogP contribution is -2.50. The van der Waals surface area contributed by atoms with Gasteiger partial charge < -0.3 is 10.4 Å². The summed E-state index contributed by atoms with van der Waals surface area (Å²) in [7, 11) is 0. The molecule has 1 aromatic heterocycles. The Morgan fingerprint density at radius 1 is 1.63 bits per heavy atom. The summed E-state index contributed by atoms with van der Waals surface area (Å²) in [6, 6.07) is 2.23. The molecule has 2 rings (SSSR count). The first-order valence-electron chi connectivity index (χ1n) is 6.99. The lowest BCUT2D eigenvalue weighted by atomic mass is 9.97. The third-order valence-electron chi connectivity index (χ3n) is 4.00. The van der Waals surface area contributed by atoms with E-state index in [4.69, 9.17) is 0 Å². The first-order valence-corrected chi connectivity index (χ1v) is 6.99. The quantitative estimate of drug-likeness (QED) is 0.855. The molecule has 106 valence electrons. The second-order valence-electron chi connectivity index (χ2n) is 5.58. The number of carboxylic acid groups (broad SMARTS) is 1. The zero-order valence-electron chi connectivity index (χ0n) is 11.9. The summed E-state index contributed by atoms with van der Waals surface area (Å²) in [6.45, 7) is 6.80. The molecular formula is C14H23N3O2. The van der Waals surface area contributed by atoms with E-state index in [9.17, 15) is 9.90 Å². The Kier molecular flexibility index (Phi) is 3.94. The molecule has 0 aliphatic heterocycles. The molecule has 0 radical (unpaired) electrons. The molecule has 2 atom stereocenters. The zero-order chi connectivity index (χ0) is 14.0. The minimum Gasteiger partial charge on any atom is -0.480 e. The molecular weight excluding hydrogens is 242 g/mol. The molecule has 1 fully saturated rings. The summed E-state index contributed by atoms with van der Waals surface area (Å²) >= 11 is 0. The van der Waals surface area contributed by atoms with Gasteiger partial charge in [-0.25, -0.2) is 0 Å². The maximum absolute atomic E-state index is 11.6. The van der Waals surface area contributed by atoms with Gasteiger partial charge in [0.05, 0.1) is 11.7 Å². The fourth-order valence-corrected chi connectivity index (χ4v) is 3.04. The third-order valence-corrected chi connectivity index (χ3v) is 4.00. The number of hydrogen-bond donors (Lipinski definition) is 2. The Morgan fingerprint density at radius 2 is 2.37 bits per heavy atom. The Morgan fingerprint density at radius 3 is 2.89 bits per heavy atom. The van der Waals surface area contributed by atoms with Crippen LogP contribution < -0.4 is 5.32 Å². The number of carbonyl (C=O) groups is 1. The van der Waals surface area contributed by atoms with Crippen LogP contribution in [-0.2, 0) is 4.79 Å². The first-order chi connectivity index (χ1) is 8.98. The van der Waals surface area contributed by atoms with Gasteiger partial charge >= 0.3 is 5.97 Å². The van der Waals surface area contributed by atoms with Crippen LogP contribution in [0, 0.1) is 13.8 Å². The standard InChI is InChI=1S/C14H23N3O2/c1-4-7-15-14(13(18)19)6-5-12(9-14)17-11(3)8-10(2)16-17/h8,12,15H,4-7,9H2,1-3H3,(H,18,19). The Balaban J connectivity index is 2.16. The van der Waals surface area contributed by atoms with Gasteiger partial charge in [-0.3, -0.25) is 9.48 Å². The highest BCUT2D eigenvalue weighted by Crippen LogP contribution is 2.38. The van der Waals surface area contributed by atoms with Gasteiger partial charge in [0.2, 0.25) is 0 Å². The summed E-state index contributed by atoms with van der Waals surface area (Å²) < 4.78 is 1.99. The largest absolute Gasteiger partial charge is 0.480 e. The number of aliphatic carboxylic acids is 1. The number of carboxylic acids is 1. The van der Waals surface area contributed by atoms with Gasteiger partial charge in [-0.05, 0) is 52.1 Å². The SMILES string of the molecule is CCCNC1(C(=O)O)CCC(n2nc(C)cc2C)C1. The van der Waals surface area contributed by atoms with E-state index in [-0.39, 0.29) is 6.04 Å². The van der Waals surface area contributed by atoms with Crippen LogP contribution in [0.25, 0.3) is 0 Å². The van der Waals surface area contributed by atoms with Gasteiger partial charge in [0.15, 0.2) is 0 Å². The van der Waals surface area contributed by atoms with Crippen LogP contribution in [0.15, 0.2) is 6.07 Å². The van der Waals surface area contributed by atoms with Gasteiger partial charge in [0.1, 0.15) is 5.54 Å². The maximum Gasteiger partial charge on any atom is 0.323 e. The fourth-order valence-electron chi connectivity index (χ4n) is 3.04. The predicted molar refractivity (Wildman–Crippen MR) is 73.2 cm³/mol. The van der Waals surface area contributed by atoms with E-state index in [1.165, 1.54) is 0 Å². The molecule has 0 spiro atoms. The normalized spacial score (nSPS) is 26.8. The van der Waals surface area contributed by atoms with Crippen molar-refractivity contribution in [2.24, 2.45) is 0 Å². The molecule has 2 N–H and O–H groups in total. The lowest BCUT2D eigenvalue weighted by molar-refractivity contribution is -0.144. The van der Waals surface area contributed by atoms with Crippen LogP contribution in [0.2, 0.25) is 0 Å². The molecule has 5 nitrogen and oxygen atoms in total. The van der Waals surface area contributed by atoms with Gasteiger partial charge in [-0.1, -0.05) is 6.92 Å². The summed E-state index contributed by atoms with van der Waals surface area (Å²) in [6.07, 6.45) is 3.10. The van der Waals surface area contributed by atoms with E-state index in [1.54, 1.807) is 0 Å². The molecule has 1 saturated carbocycles. The van der Waals surface area contributed by atoms with Gasteiger partial charge in [0, 0.05) is 5.69 Å². The number of aromatic nitrogens is 2. The Labute approximate surface area is 114 Å². The highest BCUT2D eigenvalue weighted by atomic mass is 16.4. The average molecular weight is 265 g/mol. The molecule has 0 amide bonds. The third kappa shape index (κ3) is 2.66. The van der Waals surface area contributed by atoms with Gasteiger partial charge in [-0.2, -0.15) is 5.10 Å². The monoisotopic (exact) mass is 265 g/mol. The molecule has 1 aliphatic carbocycles.